The molecule has 1 fully saturated rings. The molecule has 110 valence electrons. The van der Waals surface area contributed by atoms with Gasteiger partial charge in [0.1, 0.15) is 10.4 Å². The van der Waals surface area contributed by atoms with Gasteiger partial charge >= 0.3 is 5.97 Å². The molecule has 21 heavy (non-hydrogen) atoms. The summed E-state index contributed by atoms with van der Waals surface area (Å²) >= 11 is 6.31. The van der Waals surface area contributed by atoms with E-state index in [0.29, 0.717) is 15.6 Å². The number of benzene rings is 1. The molecule has 4 nitrogen and oxygen atoms in total. The lowest BCUT2D eigenvalue weighted by Crippen LogP contribution is -2.43. The molecule has 6 heteroatoms. The number of carboxylic acid groups (broad SMARTS) is 1. The van der Waals surface area contributed by atoms with Gasteiger partial charge in [0.05, 0.1) is 4.91 Å². The average Bonchev–Trinajstić information content (AvgIpc) is 2.67. The van der Waals surface area contributed by atoms with Gasteiger partial charge in [-0.2, -0.15) is 0 Å². The zero-order chi connectivity index (χ0) is 15.6. The number of carbonyl (C=O) groups excluding carboxylic acids is 1. The smallest absolute Gasteiger partial charge is 0.326 e. The molecule has 0 saturated carbocycles. The van der Waals surface area contributed by atoms with Crippen LogP contribution in [-0.4, -0.2) is 32.2 Å². The summed E-state index contributed by atoms with van der Waals surface area (Å²) in [4.78, 5) is 25.3. The molecule has 0 radical (unpaired) electrons. The third kappa shape index (κ3) is 3.33. The van der Waals surface area contributed by atoms with Crippen molar-refractivity contribution in [2.24, 2.45) is 0 Å². The van der Waals surface area contributed by atoms with E-state index in [0.717, 1.165) is 22.9 Å². The van der Waals surface area contributed by atoms with Crippen molar-refractivity contribution < 1.29 is 14.7 Å². The first-order chi connectivity index (χ1) is 9.93. The lowest BCUT2D eigenvalue weighted by Gasteiger charge is -2.21. The van der Waals surface area contributed by atoms with Crippen molar-refractivity contribution in [1.82, 2.24) is 4.90 Å². The largest absolute Gasteiger partial charge is 0.480 e. The minimum Gasteiger partial charge on any atom is -0.480 e. The van der Waals surface area contributed by atoms with Crippen molar-refractivity contribution >= 4 is 46.3 Å². The Morgan fingerprint density at radius 2 is 2.24 bits per heavy atom. The molecule has 1 saturated heterocycles. The summed E-state index contributed by atoms with van der Waals surface area (Å²) in [6.45, 7) is 3.70. The number of aryl methyl sites for hydroxylation is 1. The van der Waals surface area contributed by atoms with E-state index < -0.39 is 12.0 Å². The first kappa shape index (κ1) is 15.7. The summed E-state index contributed by atoms with van der Waals surface area (Å²) in [7, 11) is 0. The fourth-order valence-electron chi connectivity index (χ4n) is 2.13. The van der Waals surface area contributed by atoms with Gasteiger partial charge in [-0.3, -0.25) is 9.69 Å². The number of nitrogens with zero attached hydrogens (tertiary/aromatic N) is 1. The molecule has 1 aromatic rings. The highest BCUT2D eigenvalue weighted by molar-refractivity contribution is 8.26. The fraction of sp³-hybridized carbons (Fsp3) is 0.267. The van der Waals surface area contributed by atoms with Crippen LogP contribution in [0.1, 0.15) is 24.5 Å². The quantitative estimate of drug-likeness (QED) is 0.682. The third-order valence-electron chi connectivity index (χ3n) is 3.15. The maximum atomic E-state index is 12.4. The number of aliphatic carboxylic acids is 1. The molecule has 1 aliphatic heterocycles. The molecule has 1 aliphatic rings. The average molecular weight is 321 g/mol. The lowest BCUT2D eigenvalue weighted by atomic mass is 10.1. The van der Waals surface area contributed by atoms with Gasteiger partial charge < -0.3 is 5.11 Å². The van der Waals surface area contributed by atoms with E-state index in [1.54, 1.807) is 13.0 Å². The van der Waals surface area contributed by atoms with Crippen LogP contribution in [0.3, 0.4) is 0 Å². The fourth-order valence-corrected chi connectivity index (χ4v) is 3.48. The topological polar surface area (TPSA) is 57.6 Å². The molecule has 1 amide bonds. The maximum absolute atomic E-state index is 12.4. The summed E-state index contributed by atoms with van der Waals surface area (Å²) in [5, 5.41) is 9.20. The Labute approximate surface area is 132 Å². The van der Waals surface area contributed by atoms with E-state index in [1.807, 2.05) is 31.2 Å². The standard InChI is InChI=1S/C15H15NO3S2/c1-3-11(14(18)19)16-13(17)12(21-15(16)20)8-10-6-4-5-9(2)7-10/h4-8,11H,3H2,1-2H3,(H,18,19). The van der Waals surface area contributed by atoms with Crippen molar-refractivity contribution in [3.8, 4) is 0 Å². The summed E-state index contributed by atoms with van der Waals surface area (Å²) in [5.74, 6) is -1.37. The predicted molar refractivity (Wildman–Crippen MR) is 87.9 cm³/mol. The first-order valence-corrected chi connectivity index (χ1v) is 7.73. The zero-order valence-electron chi connectivity index (χ0n) is 11.7. The normalized spacial score (nSPS) is 18.4. The van der Waals surface area contributed by atoms with Crippen molar-refractivity contribution in [3.63, 3.8) is 0 Å². The summed E-state index contributed by atoms with van der Waals surface area (Å²) in [6, 6.07) is 6.84. The molecule has 0 aliphatic carbocycles. The number of rotatable bonds is 4. The van der Waals surface area contributed by atoms with Gasteiger partial charge in [-0.1, -0.05) is 60.7 Å². The Morgan fingerprint density at radius 1 is 1.52 bits per heavy atom. The van der Waals surface area contributed by atoms with E-state index in [2.05, 4.69) is 0 Å². The van der Waals surface area contributed by atoms with Crippen molar-refractivity contribution in [1.29, 1.82) is 0 Å². The van der Waals surface area contributed by atoms with Crippen LogP contribution in [0.15, 0.2) is 29.2 Å². The van der Waals surface area contributed by atoms with Crippen LogP contribution in [0.2, 0.25) is 0 Å². The minimum atomic E-state index is -1.04. The highest BCUT2D eigenvalue weighted by Crippen LogP contribution is 2.34. The van der Waals surface area contributed by atoms with Crippen LogP contribution < -0.4 is 0 Å². The Kier molecular flexibility index (Phi) is 4.80. The highest BCUT2D eigenvalue weighted by Gasteiger charge is 2.39. The molecule has 0 aromatic heterocycles. The monoisotopic (exact) mass is 321 g/mol. The second-order valence-corrected chi connectivity index (χ2v) is 6.40. The number of amides is 1. The first-order valence-electron chi connectivity index (χ1n) is 6.50. The number of carboxylic acids is 1. The predicted octanol–water partition coefficient (Wildman–Crippen LogP) is 3.06. The Morgan fingerprint density at radius 3 is 2.81 bits per heavy atom. The Hall–Kier alpha value is -1.66. The van der Waals surface area contributed by atoms with Gasteiger partial charge in [0.2, 0.25) is 0 Å². The summed E-state index contributed by atoms with van der Waals surface area (Å²) < 4.78 is 0.299. The van der Waals surface area contributed by atoms with E-state index in [4.69, 9.17) is 12.2 Å². The van der Waals surface area contributed by atoms with Crippen LogP contribution in [0, 0.1) is 6.92 Å². The van der Waals surface area contributed by atoms with Crippen LogP contribution in [0.5, 0.6) is 0 Å². The van der Waals surface area contributed by atoms with Crippen LogP contribution in [0.25, 0.3) is 6.08 Å². The van der Waals surface area contributed by atoms with Crippen LogP contribution >= 0.6 is 24.0 Å². The number of hydrogen-bond donors (Lipinski definition) is 1. The van der Waals surface area contributed by atoms with Crippen molar-refractivity contribution in [2.75, 3.05) is 0 Å². The molecule has 1 N–H and O–H groups in total. The van der Waals surface area contributed by atoms with Crippen LogP contribution in [-0.2, 0) is 9.59 Å². The molecular formula is C15H15NO3S2. The van der Waals surface area contributed by atoms with E-state index in [-0.39, 0.29) is 5.91 Å². The molecule has 0 spiro atoms. The van der Waals surface area contributed by atoms with Gasteiger partial charge in [-0.25, -0.2) is 4.79 Å². The van der Waals surface area contributed by atoms with E-state index in [1.165, 1.54) is 4.90 Å². The Bertz CT molecular complexity index is 640. The number of thiocarbonyl (C=S) groups is 1. The van der Waals surface area contributed by atoms with Crippen molar-refractivity contribution in [3.05, 3.63) is 40.3 Å². The summed E-state index contributed by atoms with van der Waals surface area (Å²) in [6.07, 6.45) is 2.07. The molecule has 0 bridgehead atoms. The van der Waals surface area contributed by atoms with Gasteiger partial charge in [-0.15, -0.1) is 0 Å². The second-order valence-electron chi connectivity index (χ2n) is 4.73. The van der Waals surface area contributed by atoms with Gasteiger partial charge in [0.25, 0.3) is 5.91 Å². The highest BCUT2D eigenvalue weighted by atomic mass is 32.2. The molecule has 1 aromatic carbocycles. The SMILES string of the molecule is CCC(C(=O)O)N1C(=O)C(=Cc2cccc(C)c2)SC1=S. The van der Waals surface area contributed by atoms with Crippen LogP contribution in [0.4, 0.5) is 0 Å². The van der Waals surface area contributed by atoms with Gasteiger partial charge in [0.15, 0.2) is 0 Å². The minimum absolute atomic E-state index is 0.299. The summed E-state index contributed by atoms with van der Waals surface area (Å²) in [5.41, 5.74) is 2.00. The third-order valence-corrected chi connectivity index (χ3v) is 4.48. The second kappa shape index (κ2) is 6.41. The molecule has 2 rings (SSSR count). The van der Waals surface area contributed by atoms with Gasteiger partial charge in [0, 0.05) is 0 Å². The molecular weight excluding hydrogens is 306 g/mol. The van der Waals surface area contributed by atoms with E-state index >= 15 is 0 Å². The van der Waals surface area contributed by atoms with Crippen molar-refractivity contribution in [2.45, 2.75) is 26.3 Å². The number of thioether (sulfide) groups is 1. The maximum Gasteiger partial charge on any atom is 0.326 e. The lowest BCUT2D eigenvalue weighted by molar-refractivity contribution is -0.145. The van der Waals surface area contributed by atoms with E-state index in [9.17, 15) is 14.7 Å². The molecule has 1 heterocycles. The molecule has 1 atom stereocenters. The number of hydrogen-bond acceptors (Lipinski definition) is 4. The zero-order valence-corrected chi connectivity index (χ0v) is 13.3. The number of carbonyl (C=O) groups is 2. The van der Waals surface area contributed by atoms with Gasteiger partial charge in [-0.05, 0) is 25.0 Å². The molecule has 1 unspecified atom stereocenters. The Balaban J connectivity index is 2.31.